The summed E-state index contributed by atoms with van der Waals surface area (Å²) in [5, 5.41) is 3.72. The molecule has 4 nitrogen and oxygen atoms in total. The van der Waals surface area contributed by atoms with Gasteiger partial charge in [-0.25, -0.2) is 4.98 Å². The highest BCUT2D eigenvalue weighted by molar-refractivity contribution is 6.34. The summed E-state index contributed by atoms with van der Waals surface area (Å²) < 4.78 is 13.8. The summed E-state index contributed by atoms with van der Waals surface area (Å²) in [6, 6.07) is 3.48. The molecule has 2 aromatic rings. The van der Waals surface area contributed by atoms with Crippen molar-refractivity contribution in [1.82, 2.24) is 14.9 Å². The van der Waals surface area contributed by atoms with Crippen LogP contribution in [0.15, 0.2) is 30.6 Å². The molecule has 100 valence electrons. The maximum absolute atomic E-state index is 12.2. The molecular weight excluding hydrogens is 269 g/mol. The van der Waals surface area contributed by atoms with E-state index < -0.39 is 6.67 Å². The molecule has 0 aliphatic carbocycles. The highest BCUT2D eigenvalue weighted by Crippen LogP contribution is 2.24. The summed E-state index contributed by atoms with van der Waals surface area (Å²) in [5.74, 6) is -0.340. The van der Waals surface area contributed by atoms with Crippen LogP contribution in [0.4, 0.5) is 4.39 Å². The molecule has 0 aliphatic rings. The van der Waals surface area contributed by atoms with Crippen LogP contribution in [-0.2, 0) is 7.05 Å². The van der Waals surface area contributed by atoms with E-state index in [0.29, 0.717) is 22.1 Å². The number of fused-ring (bicyclic) bond motifs is 1. The minimum atomic E-state index is -0.552. The molecule has 0 aromatic carbocycles. The Kier molecular flexibility index (Phi) is 3.85. The number of alkyl halides is 1. The molecule has 0 saturated carbocycles. The van der Waals surface area contributed by atoms with Crippen LogP contribution < -0.4 is 5.32 Å². The van der Waals surface area contributed by atoms with Gasteiger partial charge in [0, 0.05) is 30.7 Å². The van der Waals surface area contributed by atoms with E-state index in [2.05, 4.69) is 16.9 Å². The second-order valence-corrected chi connectivity index (χ2v) is 4.48. The molecule has 1 N–H and O–H groups in total. The van der Waals surface area contributed by atoms with Gasteiger partial charge in [-0.15, -0.1) is 0 Å². The number of rotatable bonds is 4. The first kappa shape index (κ1) is 13.5. The number of nitrogens with one attached hydrogen (secondary N) is 1. The molecule has 19 heavy (non-hydrogen) atoms. The number of aryl methyl sites for hydroxylation is 1. The minimum absolute atomic E-state index is 0.109. The number of carbonyl (C=O) groups excluding carboxylic acids is 1. The molecule has 0 unspecified atom stereocenters. The summed E-state index contributed by atoms with van der Waals surface area (Å²) in [6.45, 7) is 3.04. The molecule has 2 rings (SSSR count). The lowest BCUT2D eigenvalue weighted by molar-refractivity contribution is 0.0957. The van der Waals surface area contributed by atoms with Gasteiger partial charge in [0.1, 0.15) is 5.69 Å². The third kappa shape index (κ3) is 2.61. The summed E-state index contributed by atoms with van der Waals surface area (Å²) >= 11 is 6.01. The SMILES string of the molecule is C=C(CCF)NC(=O)c1cc2ccnc(Cl)c2n1C. The van der Waals surface area contributed by atoms with Crippen LogP contribution >= 0.6 is 11.6 Å². The minimum Gasteiger partial charge on any atom is -0.337 e. The smallest absolute Gasteiger partial charge is 0.272 e. The molecular formula is C13H13ClFN3O. The number of aromatic nitrogens is 2. The average molecular weight is 282 g/mol. The maximum Gasteiger partial charge on any atom is 0.272 e. The van der Waals surface area contributed by atoms with Crippen LogP contribution in [0.2, 0.25) is 5.15 Å². The molecule has 0 spiro atoms. The number of pyridine rings is 1. The fourth-order valence-electron chi connectivity index (χ4n) is 1.87. The van der Waals surface area contributed by atoms with Crippen LogP contribution in [0.3, 0.4) is 0 Å². The molecule has 2 aromatic heterocycles. The van der Waals surface area contributed by atoms with Crippen LogP contribution in [0.25, 0.3) is 10.9 Å². The number of halogens is 2. The fourth-order valence-corrected chi connectivity index (χ4v) is 2.17. The van der Waals surface area contributed by atoms with Crippen LogP contribution in [0.5, 0.6) is 0 Å². The van der Waals surface area contributed by atoms with Crippen molar-refractivity contribution in [2.24, 2.45) is 7.05 Å². The predicted octanol–water partition coefficient (Wildman–Crippen LogP) is 2.83. The van der Waals surface area contributed by atoms with Gasteiger partial charge in [0.2, 0.25) is 0 Å². The Morgan fingerprint density at radius 2 is 2.37 bits per heavy atom. The van der Waals surface area contributed by atoms with Gasteiger partial charge in [-0.1, -0.05) is 18.2 Å². The van der Waals surface area contributed by atoms with Crippen molar-refractivity contribution < 1.29 is 9.18 Å². The molecule has 1 amide bonds. The summed E-state index contributed by atoms with van der Waals surface area (Å²) in [6.07, 6.45) is 1.69. The Morgan fingerprint density at radius 3 is 3.00 bits per heavy atom. The molecule has 0 atom stereocenters. The third-order valence-corrected chi connectivity index (χ3v) is 3.10. The standard InChI is InChI=1S/C13H13ClFN3O/c1-8(3-5-15)17-13(19)10-7-9-4-6-16-12(14)11(9)18(10)2/h4,6-7H,1,3,5H2,2H3,(H,17,19). The van der Waals surface area contributed by atoms with Crippen molar-refractivity contribution >= 4 is 28.4 Å². The lowest BCUT2D eigenvalue weighted by atomic mass is 10.3. The zero-order valence-electron chi connectivity index (χ0n) is 10.4. The lowest BCUT2D eigenvalue weighted by Gasteiger charge is -2.07. The predicted molar refractivity (Wildman–Crippen MR) is 72.9 cm³/mol. The highest BCUT2D eigenvalue weighted by atomic mass is 35.5. The summed E-state index contributed by atoms with van der Waals surface area (Å²) in [7, 11) is 1.72. The van der Waals surface area contributed by atoms with Gasteiger partial charge in [-0.3, -0.25) is 9.18 Å². The van der Waals surface area contributed by atoms with E-state index in [4.69, 9.17) is 11.6 Å². The third-order valence-electron chi connectivity index (χ3n) is 2.82. The van der Waals surface area contributed by atoms with Crippen molar-refractivity contribution in [3.63, 3.8) is 0 Å². The second kappa shape index (κ2) is 5.40. The normalized spacial score (nSPS) is 10.7. The molecule has 0 aliphatic heterocycles. The van der Waals surface area contributed by atoms with Crippen molar-refractivity contribution in [3.8, 4) is 0 Å². The summed E-state index contributed by atoms with van der Waals surface area (Å²) in [5.41, 5.74) is 1.46. The van der Waals surface area contributed by atoms with Gasteiger partial charge >= 0.3 is 0 Å². The largest absolute Gasteiger partial charge is 0.337 e. The van der Waals surface area contributed by atoms with Crippen LogP contribution in [0, 0.1) is 0 Å². The number of hydrogen-bond acceptors (Lipinski definition) is 2. The number of carbonyl (C=O) groups is 1. The van der Waals surface area contributed by atoms with E-state index in [0.717, 1.165) is 5.39 Å². The van der Waals surface area contributed by atoms with E-state index >= 15 is 0 Å². The number of amides is 1. The van der Waals surface area contributed by atoms with Gasteiger partial charge in [0.05, 0.1) is 12.2 Å². The molecule has 0 radical (unpaired) electrons. The van der Waals surface area contributed by atoms with Gasteiger partial charge in [-0.05, 0) is 12.1 Å². The van der Waals surface area contributed by atoms with Gasteiger partial charge in [-0.2, -0.15) is 0 Å². The molecule has 6 heteroatoms. The van der Waals surface area contributed by atoms with Gasteiger partial charge in [0.15, 0.2) is 5.15 Å². The van der Waals surface area contributed by atoms with Crippen molar-refractivity contribution in [2.75, 3.05) is 6.67 Å². The van der Waals surface area contributed by atoms with Gasteiger partial charge < -0.3 is 9.88 Å². The second-order valence-electron chi connectivity index (χ2n) is 4.12. The number of nitrogens with zero attached hydrogens (tertiary/aromatic N) is 2. The topological polar surface area (TPSA) is 46.9 Å². The van der Waals surface area contributed by atoms with Crippen molar-refractivity contribution in [1.29, 1.82) is 0 Å². The number of allylic oxidation sites excluding steroid dienone is 1. The van der Waals surface area contributed by atoms with E-state index in [1.54, 1.807) is 29.9 Å². The quantitative estimate of drug-likeness (QED) is 0.876. The first-order valence-electron chi connectivity index (χ1n) is 5.69. The Bertz CT molecular complexity index is 651. The average Bonchev–Trinajstić information content (AvgIpc) is 2.68. The zero-order chi connectivity index (χ0) is 14.0. The summed E-state index contributed by atoms with van der Waals surface area (Å²) in [4.78, 5) is 16.0. The molecule has 0 bridgehead atoms. The monoisotopic (exact) mass is 281 g/mol. The zero-order valence-corrected chi connectivity index (χ0v) is 11.2. The van der Waals surface area contributed by atoms with Crippen molar-refractivity contribution in [3.05, 3.63) is 41.5 Å². The fraction of sp³-hybridized carbons (Fsp3) is 0.231. The van der Waals surface area contributed by atoms with E-state index in [-0.39, 0.29) is 12.3 Å². The highest BCUT2D eigenvalue weighted by Gasteiger charge is 2.15. The Balaban J connectivity index is 2.35. The first-order chi connectivity index (χ1) is 9.04. The molecule has 0 fully saturated rings. The molecule has 0 saturated heterocycles. The Morgan fingerprint density at radius 1 is 1.63 bits per heavy atom. The van der Waals surface area contributed by atoms with Gasteiger partial charge in [0.25, 0.3) is 5.91 Å². The lowest BCUT2D eigenvalue weighted by Crippen LogP contribution is -2.24. The van der Waals surface area contributed by atoms with E-state index in [1.165, 1.54) is 0 Å². The van der Waals surface area contributed by atoms with Crippen molar-refractivity contribution in [2.45, 2.75) is 6.42 Å². The van der Waals surface area contributed by atoms with E-state index in [9.17, 15) is 9.18 Å². The van der Waals surface area contributed by atoms with Crippen LogP contribution in [0.1, 0.15) is 16.9 Å². The molecule has 2 heterocycles. The Labute approximate surface area is 114 Å². The van der Waals surface area contributed by atoms with Crippen LogP contribution in [-0.4, -0.2) is 22.1 Å². The maximum atomic E-state index is 12.2. The first-order valence-corrected chi connectivity index (χ1v) is 6.07. The number of hydrogen-bond donors (Lipinski definition) is 1. The Hall–Kier alpha value is -1.88. The van der Waals surface area contributed by atoms with E-state index in [1.807, 2.05) is 0 Å².